The maximum absolute atomic E-state index is 12.8. The van der Waals surface area contributed by atoms with Crippen molar-refractivity contribution in [3.63, 3.8) is 0 Å². The minimum absolute atomic E-state index is 0.0487. The molecule has 0 radical (unpaired) electrons. The van der Waals surface area contributed by atoms with Crippen LogP contribution in [0.4, 0.5) is 5.82 Å². The SMILES string of the molecule is CC/C=C\C[C@@H](O)/C=C/C=C\C/C=C\C=C\[C@@H](O)/C=C\CCCC(=O)OC[C@H](COP(=O)(O)OP(=O)(O)OC[C@H]1O[C@@H](n2ccc(N)nc2=O)[C@H](O)[C@@H]1O)OC(=O)CCCC/C=C\C/C=C\C/C=C\CCCCC. The van der Waals surface area contributed by atoms with Gasteiger partial charge in [0.1, 0.15) is 30.7 Å². The molecule has 1 aromatic rings. The first-order chi connectivity index (χ1) is 35.5. The highest BCUT2D eigenvalue weighted by Crippen LogP contribution is 2.60. The number of ether oxygens (including phenoxy) is 3. The molecular weight excluding hydrogens is 1000 g/mol. The summed E-state index contributed by atoms with van der Waals surface area (Å²) in [6, 6.07) is 1.23. The zero-order valence-corrected chi connectivity index (χ0v) is 44.4. The second kappa shape index (κ2) is 38.8. The number of aromatic nitrogens is 2. The molecule has 1 aliphatic heterocycles. The summed E-state index contributed by atoms with van der Waals surface area (Å²) in [5.74, 6) is -1.55. The first kappa shape index (κ1) is 65.5. The monoisotopic (exact) mass is 1080 g/mol. The van der Waals surface area contributed by atoms with Crippen LogP contribution in [0.3, 0.4) is 0 Å². The highest BCUT2D eigenvalue weighted by molar-refractivity contribution is 7.61. The van der Waals surface area contributed by atoms with Crippen molar-refractivity contribution in [1.82, 2.24) is 9.55 Å². The van der Waals surface area contributed by atoms with E-state index < -0.39 is 95.9 Å². The topological polar surface area (TPSA) is 306 Å². The molecule has 8 N–H and O–H groups in total. The van der Waals surface area contributed by atoms with E-state index in [1.807, 2.05) is 49.5 Å². The highest BCUT2D eigenvalue weighted by atomic mass is 31.3. The van der Waals surface area contributed by atoms with Crippen LogP contribution in [0, 0.1) is 0 Å². The van der Waals surface area contributed by atoms with Crippen LogP contribution in [-0.4, -0.2) is 108 Å². The van der Waals surface area contributed by atoms with Gasteiger partial charge in [-0.15, -0.1) is 0 Å². The number of phosphoric ester groups is 2. The van der Waals surface area contributed by atoms with Gasteiger partial charge >= 0.3 is 33.3 Å². The Hall–Kier alpha value is -4.66. The fraction of sp³-hybridized carbons (Fsp3) is 0.538. The van der Waals surface area contributed by atoms with Gasteiger partial charge in [-0.1, -0.05) is 136 Å². The normalized spacial score (nSPS) is 20.6. The van der Waals surface area contributed by atoms with Crippen molar-refractivity contribution in [1.29, 1.82) is 0 Å². The van der Waals surface area contributed by atoms with Gasteiger partial charge in [-0.3, -0.25) is 23.2 Å². The zero-order chi connectivity index (χ0) is 54.5. The number of aliphatic hydroxyl groups is 4. The first-order valence-electron chi connectivity index (χ1n) is 25.1. The van der Waals surface area contributed by atoms with E-state index in [-0.39, 0.29) is 18.7 Å². The van der Waals surface area contributed by atoms with Crippen LogP contribution in [0.15, 0.2) is 126 Å². The zero-order valence-electron chi connectivity index (χ0n) is 42.6. The third-order valence-corrected chi connectivity index (χ3v) is 13.1. The molecule has 2 rings (SSSR count). The van der Waals surface area contributed by atoms with Crippen molar-refractivity contribution in [2.24, 2.45) is 0 Å². The number of nitrogen functional groups attached to an aromatic ring is 1. The van der Waals surface area contributed by atoms with Crippen LogP contribution in [0.25, 0.3) is 0 Å². The summed E-state index contributed by atoms with van der Waals surface area (Å²) in [7, 11) is -11.0. The molecule has 2 unspecified atom stereocenters. The van der Waals surface area contributed by atoms with Crippen molar-refractivity contribution in [3.8, 4) is 0 Å². The first-order valence-corrected chi connectivity index (χ1v) is 28.1. The van der Waals surface area contributed by atoms with Crippen molar-refractivity contribution < 1.29 is 76.5 Å². The van der Waals surface area contributed by atoms with Gasteiger partial charge in [0.15, 0.2) is 12.3 Å². The molecule has 414 valence electrons. The predicted octanol–water partition coefficient (Wildman–Crippen LogP) is 8.16. The molecule has 0 bridgehead atoms. The summed E-state index contributed by atoms with van der Waals surface area (Å²) in [4.78, 5) is 61.9. The number of anilines is 1. The van der Waals surface area contributed by atoms with Gasteiger partial charge in [0, 0.05) is 19.0 Å². The Bertz CT molecular complexity index is 2200. The predicted molar refractivity (Wildman–Crippen MR) is 282 cm³/mol. The molecule has 1 fully saturated rings. The highest BCUT2D eigenvalue weighted by Gasteiger charge is 2.46. The number of hydrogen-bond acceptors (Lipinski definition) is 17. The molecule has 9 atom stereocenters. The molecule has 1 aliphatic rings. The minimum Gasteiger partial charge on any atom is -0.462 e. The number of nitrogens with two attached hydrogens (primary N) is 1. The number of unbranched alkanes of at least 4 members (excludes halogenated alkanes) is 6. The summed E-state index contributed by atoms with van der Waals surface area (Å²) in [5, 5.41) is 41.0. The van der Waals surface area contributed by atoms with Crippen molar-refractivity contribution in [3.05, 3.63) is 132 Å². The van der Waals surface area contributed by atoms with Gasteiger partial charge in [-0.2, -0.15) is 9.29 Å². The number of carbonyl (C=O) groups excluding carboxylic acids is 2. The van der Waals surface area contributed by atoms with Gasteiger partial charge in [0.05, 0.1) is 25.4 Å². The van der Waals surface area contributed by atoms with Crippen LogP contribution < -0.4 is 11.4 Å². The van der Waals surface area contributed by atoms with E-state index in [2.05, 4.69) is 40.5 Å². The van der Waals surface area contributed by atoms with E-state index in [9.17, 15) is 53.7 Å². The Kier molecular flexibility index (Phi) is 34.3. The Morgan fingerprint density at radius 1 is 0.743 bits per heavy atom. The number of phosphoric acid groups is 2. The Morgan fingerprint density at radius 3 is 2.04 bits per heavy atom. The maximum atomic E-state index is 12.8. The lowest BCUT2D eigenvalue weighted by atomic mass is 10.1. The van der Waals surface area contributed by atoms with Gasteiger partial charge in [0.25, 0.3) is 0 Å². The molecule has 0 aromatic carbocycles. The smallest absolute Gasteiger partial charge is 0.462 e. The summed E-state index contributed by atoms with van der Waals surface area (Å²) in [6.07, 6.45) is 36.8. The number of esters is 2. The van der Waals surface area contributed by atoms with Gasteiger partial charge in [-0.05, 0) is 83.1 Å². The molecule has 0 aliphatic carbocycles. The number of hydrogen-bond donors (Lipinski definition) is 7. The number of carbonyl (C=O) groups is 2. The van der Waals surface area contributed by atoms with Crippen LogP contribution >= 0.6 is 15.6 Å². The standard InChI is InChI=1S/C52H79N3O17P2/c1-3-5-7-8-9-10-11-12-13-14-15-16-20-23-29-36-48(59)70-44(39-67-47(58)35-30-24-28-34-43(57)33-27-22-19-17-18-21-26-32-42(56)31-25-6-4-2)40-68-73(63,64)72-74(65,66)69-41-45-49(60)50(61)51(71-45)55-38-37-46(53)54-52(55)62/h6,9-10,12-13,15-16,18-19,21-22,25-28,32-34,37-38,42-45,49-51,56-57,60-61H,3-5,7-8,11,14,17,20,23-24,29-31,35-36,39-41H2,1-2H3,(H,63,64)(H,65,66)(H2,53,54,62)/b10-9-,13-12-,16-15-,21-18-,22-19-,25-6-,32-26+,33-27+,34-28-/t42-,43-,44-,45-,49-,50-,51-/m1/s1. The second-order valence-corrected chi connectivity index (χ2v) is 20.0. The summed E-state index contributed by atoms with van der Waals surface area (Å²) in [5.41, 5.74) is 4.56. The molecule has 74 heavy (non-hydrogen) atoms. The lowest BCUT2D eigenvalue weighted by molar-refractivity contribution is -0.161. The Balaban J connectivity index is 1.89. The summed E-state index contributed by atoms with van der Waals surface area (Å²) < 4.78 is 56.5. The van der Waals surface area contributed by atoms with Crippen molar-refractivity contribution >= 4 is 33.4 Å². The van der Waals surface area contributed by atoms with Crippen LogP contribution in [0.1, 0.15) is 123 Å². The fourth-order valence-electron chi connectivity index (χ4n) is 6.59. The van der Waals surface area contributed by atoms with Gasteiger partial charge in [-0.25, -0.2) is 13.9 Å². The molecule has 2 heterocycles. The van der Waals surface area contributed by atoms with E-state index in [1.54, 1.807) is 42.5 Å². The molecule has 0 spiro atoms. The molecule has 1 saturated heterocycles. The van der Waals surface area contributed by atoms with Gasteiger partial charge in [0.2, 0.25) is 0 Å². The molecule has 20 nitrogen and oxygen atoms in total. The van der Waals surface area contributed by atoms with E-state index in [0.717, 1.165) is 36.4 Å². The number of allylic oxidation sites excluding steroid dienone is 14. The molecule has 0 amide bonds. The fourth-order valence-corrected chi connectivity index (χ4v) is 8.70. The van der Waals surface area contributed by atoms with Crippen LogP contribution in [-0.2, 0) is 46.3 Å². The minimum atomic E-state index is -5.48. The lowest BCUT2D eigenvalue weighted by Crippen LogP contribution is -2.36. The summed E-state index contributed by atoms with van der Waals surface area (Å²) >= 11 is 0. The van der Waals surface area contributed by atoms with E-state index in [4.69, 9.17) is 29.0 Å². The van der Waals surface area contributed by atoms with Crippen molar-refractivity contribution in [2.45, 2.75) is 159 Å². The van der Waals surface area contributed by atoms with Crippen molar-refractivity contribution in [2.75, 3.05) is 25.6 Å². The van der Waals surface area contributed by atoms with E-state index >= 15 is 0 Å². The Morgan fingerprint density at radius 2 is 1.36 bits per heavy atom. The van der Waals surface area contributed by atoms with E-state index in [0.29, 0.717) is 44.9 Å². The third kappa shape index (κ3) is 31.3. The molecule has 22 heteroatoms. The lowest BCUT2D eigenvalue weighted by Gasteiger charge is -2.21. The number of aliphatic hydroxyl groups excluding tert-OH is 4. The Labute approximate surface area is 435 Å². The average Bonchev–Trinajstić information content (AvgIpc) is 3.63. The largest absolute Gasteiger partial charge is 0.481 e. The third-order valence-electron chi connectivity index (χ3n) is 10.5. The maximum Gasteiger partial charge on any atom is 0.481 e. The van der Waals surface area contributed by atoms with Crippen LogP contribution in [0.2, 0.25) is 0 Å². The molecule has 0 saturated carbocycles. The summed E-state index contributed by atoms with van der Waals surface area (Å²) in [6.45, 7) is 1.69. The molecular formula is C52H79N3O17P2. The average molecular weight is 1080 g/mol. The number of nitrogens with zero attached hydrogens (tertiary/aromatic N) is 2. The quantitative estimate of drug-likeness (QED) is 0.0107. The molecule has 1 aromatic heterocycles. The van der Waals surface area contributed by atoms with Crippen LogP contribution in [0.5, 0.6) is 0 Å². The van der Waals surface area contributed by atoms with E-state index in [1.165, 1.54) is 25.3 Å². The van der Waals surface area contributed by atoms with Gasteiger partial charge < -0.3 is 50.2 Å². The second-order valence-electron chi connectivity index (χ2n) is 17.0. The number of rotatable bonds is 39.